The Hall–Kier alpha value is -1.22. The van der Waals surface area contributed by atoms with Crippen molar-refractivity contribution in [1.29, 1.82) is 0 Å². The summed E-state index contributed by atoms with van der Waals surface area (Å²) in [6.07, 6.45) is -6.50. The lowest BCUT2D eigenvalue weighted by molar-refractivity contribution is -0.335. The summed E-state index contributed by atoms with van der Waals surface area (Å²) in [6.45, 7) is 0. The van der Waals surface area contributed by atoms with Crippen LogP contribution >= 0.6 is 23.2 Å². The molecule has 0 aliphatic rings. The average Bonchev–Trinajstić information content (AvgIpc) is 2.46. The van der Waals surface area contributed by atoms with Crippen molar-refractivity contribution >= 4 is 34.1 Å². The highest BCUT2D eigenvalue weighted by Gasteiger charge is 2.75. The Kier molecular flexibility index (Phi) is 5.79. The molecule has 0 unspecified atom stereocenters. The first-order chi connectivity index (χ1) is 10.4. The number of aliphatic imine (C=N–C) groups is 1. The minimum Gasteiger partial charge on any atom is -0.497 e. The minimum atomic E-state index is -6.50. The Labute approximate surface area is 135 Å². The maximum absolute atomic E-state index is 13.4. The molecule has 1 aromatic carbocycles. The average molecular weight is 386 g/mol. The highest BCUT2D eigenvalue weighted by Crippen LogP contribution is 2.48. The molecule has 1 rings (SSSR count). The van der Waals surface area contributed by atoms with Gasteiger partial charge in [-0.1, -0.05) is 11.6 Å². The van der Waals surface area contributed by atoms with Gasteiger partial charge in [-0.2, -0.15) is 30.7 Å². The summed E-state index contributed by atoms with van der Waals surface area (Å²) < 4.78 is 93.6. The molecule has 0 aliphatic heterocycles. The minimum absolute atomic E-state index is 0.0512. The lowest BCUT2D eigenvalue weighted by Gasteiger charge is -2.27. The second-order valence-corrected chi connectivity index (χ2v) is 4.80. The van der Waals surface area contributed by atoms with Crippen LogP contribution in [0.5, 0.6) is 5.75 Å². The Morgan fingerprint density at radius 1 is 1.13 bits per heavy atom. The lowest BCUT2D eigenvalue weighted by atomic mass is 10.1. The fourth-order valence-corrected chi connectivity index (χ4v) is 1.81. The molecule has 0 heterocycles. The molecule has 23 heavy (non-hydrogen) atoms. The van der Waals surface area contributed by atoms with Crippen molar-refractivity contribution in [2.75, 3.05) is 7.11 Å². The van der Waals surface area contributed by atoms with Crippen LogP contribution in [-0.2, 0) is 5.88 Å². The molecule has 0 atom stereocenters. The first-order valence-electron chi connectivity index (χ1n) is 5.68. The number of hydrogen-bond donors (Lipinski definition) is 0. The molecule has 0 amide bonds. The van der Waals surface area contributed by atoms with Gasteiger partial charge in [0.05, 0.1) is 12.8 Å². The SMILES string of the molecule is COc1ccc(N=C(Cl)C(F)(F)C(F)(F)C(F)(F)F)c(CCl)c1. The van der Waals surface area contributed by atoms with Crippen LogP contribution in [0.15, 0.2) is 23.2 Å². The van der Waals surface area contributed by atoms with Crippen LogP contribution in [0.1, 0.15) is 5.56 Å². The van der Waals surface area contributed by atoms with Crippen LogP contribution in [0.3, 0.4) is 0 Å². The van der Waals surface area contributed by atoms with Gasteiger partial charge in [0.1, 0.15) is 5.75 Å². The van der Waals surface area contributed by atoms with Crippen LogP contribution in [0.4, 0.5) is 36.4 Å². The largest absolute Gasteiger partial charge is 0.497 e. The van der Waals surface area contributed by atoms with Crippen molar-refractivity contribution in [3.63, 3.8) is 0 Å². The molecule has 0 spiro atoms. The number of alkyl halides is 8. The Morgan fingerprint density at radius 3 is 2.13 bits per heavy atom. The van der Waals surface area contributed by atoms with Gasteiger partial charge < -0.3 is 4.74 Å². The molecule has 2 nitrogen and oxygen atoms in total. The summed E-state index contributed by atoms with van der Waals surface area (Å²) in [6, 6.07) is 3.51. The van der Waals surface area contributed by atoms with Gasteiger partial charge in [-0.3, -0.25) is 0 Å². The highest BCUT2D eigenvalue weighted by molar-refractivity contribution is 6.67. The normalized spacial score (nSPS) is 14.1. The first kappa shape index (κ1) is 19.8. The van der Waals surface area contributed by atoms with E-state index in [-0.39, 0.29) is 22.9 Å². The number of methoxy groups -OCH3 is 1. The zero-order valence-electron chi connectivity index (χ0n) is 11.2. The van der Waals surface area contributed by atoms with E-state index in [1.54, 1.807) is 0 Å². The monoisotopic (exact) mass is 385 g/mol. The van der Waals surface area contributed by atoms with Gasteiger partial charge in [-0.05, 0) is 23.8 Å². The van der Waals surface area contributed by atoms with Crippen molar-refractivity contribution in [3.8, 4) is 5.75 Å². The van der Waals surface area contributed by atoms with Gasteiger partial charge in [0, 0.05) is 5.88 Å². The van der Waals surface area contributed by atoms with E-state index < -0.39 is 23.2 Å². The van der Waals surface area contributed by atoms with Gasteiger partial charge in [0.25, 0.3) is 0 Å². The number of ether oxygens (including phenoxy) is 1. The van der Waals surface area contributed by atoms with E-state index >= 15 is 0 Å². The predicted octanol–water partition coefficient (Wildman–Crippen LogP) is 5.54. The van der Waals surface area contributed by atoms with Gasteiger partial charge in [0.15, 0.2) is 5.17 Å². The van der Waals surface area contributed by atoms with Crippen LogP contribution in [-0.4, -0.2) is 30.3 Å². The molecule has 0 fully saturated rings. The van der Waals surface area contributed by atoms with E-state index in [2.05, 4.69) is 4.99 Å². The van der Waals surface area contributed by atoms with E-state index in [1.165, 1.54) is 19.2 Å². The summed E-state index contributed by atoms with van der Waals surface area (Å²) in [5.74, 6) is -12.2. The fourth-order valence-electron chi connectivity index (χ4n) is 1.39. The number of rotatable bonds is 5. The van der Waals surface area contributed by atoms with E-state index in [0.29, 0.717) is 0 Å². The number of nitrogens with zero attached hydrogens (tertiary/aromatic N) is 1. The second kappa shape index (κ2) is 6.72. The van der Waals surface area contributed by atoms with Crippen molar-refractivity contribution in [2.45, 2.75) is 23.9 Å². The molecule has 0 aliphatic carbocycles. The molecule has 0 bridgehead atoms. The first-order valence-corrected chi connectivity index (χ1v) is 6.59. The molecule has 0 aromatic heterocycles. The molecule has 1 aromatic rings. The zero-order chi connectivity index (χ0) is 18.1. The number of benzene rings is 1. The highest BCUT2D eigenvalue weighted by atomic mass is 35.5. The summed E-state index contributed by atoms with van der Waals surface area (Å²) >= 11 is 10.5. The fraction of sp³-hybridized carbons (Fsp3) is 0.417. The lowest BCUT2D eigenvalue weighted by Crippen LogP contribution is -2.54. The van der Waals surface area contributed by atoms with Crippen molar-refractivity contribution in [2.24, 2.45) is 4.99 Å². The summed E-state index contributed by atoms with van der Waals surface area (Å²) in [5.41, 5.74) is -0.334. The Bertz CT molecular complexity index is 602. The third-order valence-electron chi connectivity index (χ3n) is 2.66. The maximum Gasteiger partial charge on any atom is 0.460 e. The summed E-state index contributed by atoms with van der Waals surface area (Å²) in [4.78, 5) is 2.97. The predicted molar refractivity (Wildman–Crippen MR) is 71.4 cm³/mol. The molecule has 0 N–H and O–H groups in total. The topological polar surface area (TPSA) is 21.6 Å². The van der Waals surface area contributed by atoms with Gasteiger partial charge in [0.2, 0.25) is 0 Å². The van der Waals surface area contributed by atoms with E-state index in [4.69, 9.17) is 27.9 Å². The van der Waals surface area contributed by atoms with Crippen molar-refractivity contribution in [1.82, 2.24) is 0 Å². The smallest absolute Gasteiger partial charge is 0.460 e. The second-order valence-electron chi connectivity index (χ2n) is 4.18. The van der Waals surface area contributed by atoms with E-state index in [9.17, 15) is 30.7 Å². The van der Waals surface area contributed by atoms with Crippen LogP contribution < -0.4 is 4.74 Å². The Balaban J connectivity index is 3.33. The van der Waals surface area contributed by atoms with Crippen LogP contribution in [0, 0.1) is 0 Å². The molecule has 0 saturated heterocycles. The van der Waals surface area contributed by atoms with Gasteiger partial charge in [-0.25, -0.2) is 4.99 Å². The summed E-state index contributed by atoms with van der Waals surface area (Å²) in [7, 11) is 1.29. The van der Waals surface area contributed by atoms with Crippen molar-refractivity contribution in [3.05, 3.63) is 23.8 Å². The molecule has 0 radical (unpaired) electrons. The summed E-state index contributed by atoms with van der Waals surface area (Å²) in [5, 5.41) is -2.21. The molecule has 11 heteroatoms. The van der Waals surface area contributed by atoms with E-state index in [0.717, 1.165) is 6.07 Å². The quantitative estimate of drug-likeness (QED) is 0.370. The standard InChI is InChI=1S/C12H8Cl2F7NO/c1-23-7-2-3-8(6(4-7)5-13)22-9(14)10(15,16)11(17,18)12(19,20)21/h2-4H,5H2,1H3. The van der Waals surface area contributed by atoms with E-state index in [1.807, 2.05) is 0 Å². The van der Waals surface area contributed by atoms with Crippen LogP contribution in [0.2, 0.25) is 0 Å². The molecular weight excluding hydrogens is 378 g/mol. The Morgan fingerprint density at radius 2 is 1.70 bits per heavy atom. The molecule has 130 valence electrons. The van der Waals surface area contributed by atoms with Crippen molar-refractivity contribution < 1.29 is 35.5 Å². The third-order valence-corrected chi connectivity index (χ3v) is 3.27. The van der Waals surface area contributed by atoms with Gasteiger partial charge in [-0.15, -0.1) is 11.6 Å². The number of hydrogen-bond acceptors (Lipinski definition) is 2. The molecular formula is C12H8Cl2F7NO. The number of halogens is 9. The zero-order valence-corrected chi connectivity index (χ0v) is 12.7. The maximum atomic E-state index is 13.4. The third kappa shape index (κ3) is 3.82. The van der Waals surface area contributed by atoms with Gasteiger partial charge >= 0.3 is 18.0 Å². The molecule has 0 saturated carbocycles. The van der Waals surface area contributed by atoms with Crippen LogP contribution in [0.25, 0.3) is 0 Å².